The topological polar surface area (TPSA) is 97.8 Å². The number of benzene rings is 2. The van der Waals surface area contributed by atoms with E-state index in [1.165, 1.54) is 18.3 Å². The summed E-state index contributed by atoms with van der Waals surface area (Å²) in [5, 5.41) is 13.2. The quantitative estimate of drug-likeness (QED) is 0.619. The first kappa shape index (κ1) is 19.2. The van der Waals surface area contributed by atoms with E-state index in [4.69, 9.17) is 9.47 Å². The van der Waals surface area contributed by atoms with E-state index in [9.17, 15) is 14.7 Å². The van der Waals surface area contributed by atoms with Crippen LogP contribution in [-0.4, -0.2) is 35.7 Å². The highest BCUT2D eigenvalue weighted by Gasteiger charge is 2.18. The first-order valence-corrected chi connectivity index (χ1v) is 8.69. The third-order valence-corrected chi connectivity index (χ3v) is 4.31. The number of hydrogen-bond acceptors (Lipinski definition) is 6. The molecular formula is C21H20N2O5. The van der Waals surface area contributed by atoms with Crippen molar-refractivity contribution in [1.82, 2.24) is 4.98 Å². The van der Waals surface area contributed by atoms with Crippen LogP contribution in [0.5, 0.6) is 5.75 Å². The number of hydrogen-bond donors (Lipinski definition) is 2. The fourth-order valence-corrected chi connectivity index (χ4v) is 2.82. The minimum Gasteiger partial charge on any atom is -0.497 e. The summed E-state index contributed by atoms with van der Waals surface area (Å²) >= 11 is 0. The van der Waals surface area contributed by atoms with E-state index in [1.54, 1.807) is 38.3 Å². The molecule has 3 aromatic rings. The first-order chi connectivity index (χ1) is 13.4. The number of carbonyl (C=O) groups excluding carboxylic acids is 1. The molecule has 7 heteroatoms. The molecule has 1 heterocycles. The van der Waals surface area contributed by atoms with Crippen molar-refractivity contribution in [3.63, 3.8) is 0 Å². The molecule has 0 fully saturated rings. The maximum atomic E-state index is 12.5. The predicted molar refractivity (Wildman–Crippen MR) is 106 cm³/mol. The summed E-state index contributed by atoms with van der Waals surface area (Å²) in [6.45, 7) is 3.80. The zero-order valence-electron chi connectivity index (χ0n) is 15.8. The standard InChI is InChI=1S/C21H20N2O5/c1-4-28-21(26)16-11-22-17-8-7-14(27-3)10-15(17)19(16)23-18-9-13(20(24)25)6-5-12(18)2/h5-11H,4H2,1-3H3,(H,22,23)(H,24,25). The Bertz CT molecular complexity index is 1060. The van der Waals surface area contributed by atoms with Gasteiger partial charge in [-0.1, -0.05) is 6.07 Å². The van der Waals surface area contributed by atoms with Gasteiger partial charge in [0.1, 0.15) is 11.3 Å². The highest BCUT2D eigenvalue weighted by molar-refractivity contribution is 6.06. The molecule has 28 heavy (non-hydrogen) atoms. The number of carboxylic acids is 1. The van der Waals surface area contributed by atoms with Gasteiger partial charge in [0, 0.05) is 17.3 Å². The molecular weight excluding hydrogens is 360 g/mol. The van der Waals surface area contributed by atoms with Crippen molar-refractivity contribution in [3.8, 4) is 5.75 Å². The molecule has 0 saturated heterocycles. The van der Waals surface area contributed by atoms with Crippen LogP contribution in [-0.2, 0) is 4.74 Å². The molecule has 0 atom stereocenters. The van der Waals surface area contributed by atoms with Gasteiger partial charge in [-0.15, -0.1) is 0 Å². The molecule has 0 spiro atoms. The highest BCUT2D eigenvalue weighted by atomic mass is 16.5. The number of aryl methyl sites for hydroxylation is 1. The summed E-state index contributed by atoms with van der Waals surface area (Å²) in [7, 11) is 1.55. The van der Waals surface area contributed by atoms with Crippen LogP contribution in [0, 0.1) is 6.92 Å². The predicted octanol–water partition coefficient (Wildman–Crippen LogP) is 4.17. The summed E-state index contributed by atoms with van der Waals surface area (Å²) in [5.74, 6) is -0.946. The van der Waals surface area contributed by atoms with Crippen molar-refractivity contribution in [2.75, 3.05) is 19.0 Å². The van der Waals surface area contributed by atoms with Crippen molar-refractivity contribution in [3.05, 3.63) is 59.3 Å². The van der Waals surface area contributed by atoms with E-state index in [-0.39, 0.29) is 17.7 Å². The Kier molecular flexibility index (Phi) is 5.44. The van der Waals surface area contributed by atoms with Gasteiger partial charge in [0.2, 0.25) is 0 Å². The lowest BCUT2D eigenvalue weighted by atomic mass is 10.1. The number of carbonyl (C=O) groups is 2. The zero-order chi connectivity index (χ0) is 20.3. The van der Waals surface area contributed by atoms with Crippen LogP contribution in [0.15, 0.2) is 42.6 Å². The number of carboxylic acid groups (broad SMARTS) is 1. The lowest BCUT2D eigenvalue weighted by molar-refractivity contribution is 0.0526. The summed E-state index contributed by atoms with van der Waals surface area (Å²) in [5.41, 5.74) is 2.93. The Morgan fingerprint density at radius 1 is 1.18 bits per heavy atom. The lowest BCUT2D eigenvalue weighted by Gasteiger charge is -2.16. The second-order valence-electron chi connectivity index (χ2n) is 6.11. The van der Waals surface area contributed by atoms with Crippen molar-refractivity contribution >= 4 is 34.2 Å². The average molecular weight is 380 g/mol. The van der Waals surface area contributed by atoms with Gasteiger partial charge in [-0.25, -0.2) is 9.59 Å². The Hall–Kier alpha value is -3.61. The number of nitrogens with zero attached hydrogens (tertiary/aromatic N) is 1. The van der Waals surface area contributed by atoms with Crippen LogP contribution < -0.4 is 10.1 Å². The number of ether oxygens (including phenoxy) is 2. The highest BCUT2D eigenvalue weighted by Crippen LogP contribution is 2.33. The van der Waals surface area contributed by atoms with Crippen LogP contribution in [0.25, 0.3) is 10.9 Å². The molecule has 0 saturated carbocycles. The molecule has 7 nitrogen and oxygen atoms in total. The van der Waals surface area contributed by atoms with E-state index < -0.39 is 11.9 Å². The van der Waals surface area contributed by atoms with Gasteiger partial charge in [0.05, 0.1) is 30.5 Å². The van der Waals surface area contributed by atoms with E-state index in [2.05, 4.69) is 10.3 Å². The molecule has 3 rings (SSSR count). The fraction of sp³-hybridized carbons (Fsp3) is 0.190. The average Bonchev–Trinajstić information content (AvgIpc) is 2.69. The summed E-state index contributed by atoms with van der Waals surface area (Å²) in [6.07, 6.45) is 1.45. The third-order valence-electron chi connectivity index (χ3n) is 4.31. The van der Waals surface area contributed by atoms with Gasteiger partial charge in [-0.2, -0.15) is 0 Å². The molecule has 0 aliphatic carbocycles. The second-order valence-corrected chi connectivity index (χ2v) is 6.11. The number of nitrogens with one attached hydrogen (secondary N) is 1. The molecule has 0 bridgehead atoms. The van der Waals surface area contributed by atoms with Crippen LogP contribution in [0.2, 0.25) is 0 Å². The first-order valence-electron chi connectivity index (χ1n) is 8.69. The third kappa shape index (κ3) is 3.73. The molecule has 1 aromatic heterocycles. The maximum Gasteiger partial charge on any atom is 0.341 e. The molecule has 144 valence electrons. The Morgan fingerprint density at radius 2 is 1.96 bits per heavy atom. The largest absolute Gasteiger partial charge is 0.497 e. The van der Waals surface area contributed by atoms with Crippen molar-refractivity contribution in [1.29, 1.82) is 0 Å². The van der Waals surface area contributed by atoms with Crippen LogP contribution in [0.1, 0.15) is 33.2 Å². The summed E-state index contributed by atoms with van der Waals surface area (Å²) in [4.78, 5) is 28.2. The second kappa shape index (κ2) is 7.96. The van der Waals surface area contributed by atoms with Crippen molar-refractivity contribution in [2.45, 2.75) is 13.8 Å². The number of fused-ring (bicyclic) bond motifs is 1. The van der Waals surface area contributed by atoms with Crippen molar-refractivity contribution in [2.24, 2.45) is 0 Å². The molecule has 0 radical (unpaired) electrons. The number of rotatable bonds is 6. The fourth-order valence-electron chi connectivity index (χ4n) is 2.82. The smallest absolute Gasteiger partial charge is 0.341 e. The number of aromatic carboxylic acids is 1. The van der Waals surface area contributed by atoms with Crippen molar-refractivity contribution < 1.29 is 24.2 Å². The lowest BCUT2D eigenvalue weighted by Crippen LogP contribution is -2.10. The maximum absolute atomic E-state index is 12.5. The minimum absolute atomic E-state index is 0.140. The molecule has 0 aliphatic rings. The molecule has 0 amide bonds. The summed E-state index contributed by atoms with van der Waals surface area (Å²) in [6, 6.07) is 10.1. The Morgan fingerprint density at radius 3 is 2.64 bits per heavy atom. The number of aromatic nitrogens is 1. The van der Waals surface area contributed by atoms with Gasteiger partial charge in [0.25, 0.3) is 0 Å². The molecule has 0 unspecified atom stereocenters. The molecule has 2 N–H and O–H groups in total. The number of methoxy groups -OCH3 is 1. The van der Waals surface area contributed by atoms with Gasteiger partial charge < -0.3 is 19.9 Å². The van der Waals surface area contributed by atoms with Gasteiger partial charge in [-0.3, -0.25) is 4.98 Å². The molecule has 0 aliphatic heterocycles. The minimum atomic E-state index is -1.03. The van der Waals surface area contributed by atoms with E-state index in [1.807, 2.05) is 6.92 Å². The zero-order valence-corrected chi connectivity index (χ0v) is 15.8. The number of anilines is 2. The van der Waals surface area contributed by atoms with Gasteiger partial charge in [-0.05, 0) is 49.7 Å². The Labute approximate surface area is 161 Å². The van der Waals surface area contributed by atoms with E-state index >= 15 is 0 Å². The summed E-state index contributed by atoms with van der Waals surface area (Å²) < 4.78 is 10.5. The van der Waals surface area contributed by atoms with Crippen LogP contribution in [0.3, 0.4) is 0 Å². The van der Waals surface area contributed by atoms with Crippen LogP contribution in [0.4, 0.5) is 11.4 Å². The monoisotopic (exact) mass is 380 g/mol. The number of pyridine rings is 1. The van der Waals surface area contributed by atoms with Gasteiger partial charge in [0.15, 0.2) is 0 Å². The normalized spacial score (nSPS) is 10.5. The van der Waals surface area contributed by atoms with E-state index in [0.29, 0.717) is 28.0 Å². The SMILES string of the molecule is CCOC(=O)c1cnc2ccc(OC)cc2c1Nc1cc(C(=O)O)ccc1C. The number of esters is 1. The van der Waals surface area contributed by atoms with Gasteiger partial charge >= 0.3 is 11.9 Å². The Balaban J connectivity index is 2.21. The van der Waals surface area contributed by atoms with E-state index in [0.717, 1.165) is 5.56 Å². The molecule has 2 aromatic carbocycles. The van der Waals surface area contributed by atoms with Crippen LogP contribution >= 0.6 is 0 Å².